The van der Waals surface area contributed by atoms with Crippen LogP contribution in [-0.4, -0.2) is 51.2 Å². The summed E-state index contributed by atoms with van der Waals surface area (Å²) in [6.45, 7) is 5.23. The van der Waals surface area contributed by atoms with Crippen molar-refractivity contribution in [3.05, 3.63) is 90.0 Å². The zero-order valence-corrected chi connectivity index (χ0v) is 25.5. The van der Waals surface area contributed by atoms with Gasteiger partial charge in [0.2, 0.25) is 0 Å². The summed E-state index contributed by atoms with van der Waals surface area (Å²) < 4.78 is 56.4. The highest BCUT2D eigenvalue weighted by Crippen LogP contribution is 2.33. The van der Waals surface area contributed by atoms with Gasteiger partial charge in [0, 0.05) is 30.1 Å². The number of alkyl halides is 3. The maximum absolute atomic E-state index is 13.8. The highest BCUT2D eigenvalue weighted by Gasteiger charge is 2.31. The van der Waals surface area contributed by atoms with Crippen molar-refractivity contribution in [2.24, 2.45) is 4.99 Å². The van der Waals surface area contributed by atoms with Gasteiger partial charge in [-0.05, 0) is 78.8 Å². The Morgan fingerprint density at radius 3 is 2.53 bits per heavy atom. The highest BCUT2D eigenvalue weighted by molar-refractivity contribution is 8.14. The fourth-order valence-electron chi connectivity index (χ4n) is 4.87. The normalized spacial score (nSPS) is 14.4. The van der Waals surface area contributed by atoms with E-state index in [9.17, 15) is 22.4 Å². The Labute approximate surface area is 262 Å². The van der Waals surface area contributed by atoms with E-state index in [1.165, 1.54) is 53.1 Å². The van der Waals surface area contributed by atoms with Gasteiger partial charge in [-0.15, -0.1) is 18.3 Å². The number of hydrogen-bond donors (Lipinski definition) is 1. The van der Waals surface area contributed by atoms with Crippen molar-refractivity contribution in [3.8, 4) is 22.8 Å². The predicted octanol–water partition coefficient (Wildman–Crippen LogP) is 7.74. The van der Waals surface area contributed by atoms with Crippen LogP contribution in [0.15, 0.2) is 78.0 Å². The molecule has 13 heteroatoms. The lowest BCUT2D eigenvalue weighted by atomic mass is 10.0. The first-order valence-corrected chi connectivity index (χ1v) is 15.5. The summed E-state index contributed by atoms with van der Waals surface area (Å²) in [7, 11) is 0. The fraction of sp³-hybridized carbons (Fsp3) is 0.312. The first-order chi connectivity index (χ1) is 21.6. The smallest absolute Gasteiger partial charge is 0.406 e. The number of thioether (sulfide) groups is 1. The van der Waals surface area contributed by atoms with Crippen molar-refractivity contribution in [2.45, 2.75) is 45.4 Å². The highest BCUT2D eigenvalue weighted by atomic mass is 32.2. The molecule has 8 nitrogen and oxygen atoms in total. The number of benzene rings is 3. The number of anilines is 1. The van der Waals surface area contributed by atoms with E-state index in [2.05, 4.69) is 25.1 Å². The van der Waals surface area contributed by atoms with Crippen LogP contribution in [0, 0.1) is 5.82 Å². The molecule has 236 valence electrons. The number of ether oxygens (including phenoxy) is 1. The molecule has 0 unspecified atom stereocenters. The minimum absolute atomic E-state index is 0.132. The maximum atomic E-state index is 13.8. The second-order valence-electron chi connectivity index (χ2n) is 10.7. The number of carbonyl (C=O) groups is 1. The SMILES string of the molecule is CC(C)c1cc(F)ccc1N1CCS/C1=N\C(=O)NCCCCc1ccc(-c2ncn(-c3ccc(OC(F)(F)F)cc3)n2)cc1. The summed E-state index contributed by atoms with van der Waals surface area (Å²) in [5.41, 5.74) is 4.25. The molecule has 0 radical (unpaired) electrons. The summed E-state index contributed by atoms with van der Waals surface area (Å²) in [5.74, 6) is 0.832. The van der Waals surface area contributed by atoms with E-state index in [4.69, 9.17) is 0 Å². The van der Waals surface area contributed by atoms with Gasteiger partial charge >= 0.3 is 12.4 Å². The van der Waals surface area contributed by atoms with Gasteiger partial charge < -0.3 is 15.0 Å². The van der Waals surface area contributed by atoms with Gasteiger partial charge in [0.05, 0.1) is 5.69 Å². The van der Waals surface area contributed by atoms with Crippen molar-refractivity contribution in [1.29, 1.82) is 0 Å². The van der Waals surface area contributed by atoms with E-state index in [0.29, 0.717) is 29.8 Å². The Bertz CT molecular complexity index is 1640. The number of halogens is 4. The Kier molecular flexibility index (Phi) is 10.1. The van der Waals surface area contributed by atoms with Gasteiger partial charge in [-0.1, -0.05) is 49.9 Å². The van der Waals surface area contributed by atoms with Crippen molar-refractivity contribution >= 4 is 28.6 Å². The average molecular weight is 641 g/mol. The molecular formula is C32H32F4N6O2S. The largest absolute Gasteiger partial charge is 0.573 e. The molecule has 0 atom stereocenters. The lowest BCUT2D eigenvalue weighted by Crippen LogP contribution is -2.28. The number of aryl methyl sites for hydroxylation is 1. The molecule has 1 aliphatic heterocycles. The fourth-order valence-corrected chi connectivity index (χ4v) is 5.82. The molecule has 45 heavy (non-hydrogen) atoms. The van der Waals surface area contributed by atoms with E-state index >= 15 is 0 Å². The van der Waals surface area contributed by atoms with Crippen LogP contribution >= 0.6 is 11.8 Å². The molecule has 1 aliphatic rings. The molecule has 1 N–H and O–H groups in total. The Morgan fingerprint density at radius 1 is 1.07 bits per heavy atom. The number of carbonyl (C=O) groups excluding carboxylic acids is 1. The molecule has 2 heterocycles. The van der Waals surface area contributed by atoms with Crippen LogP contribution in [0.4, 0.5) is 28.0 Å². The first-order valence-electron chi connectivity index (χ1n) is 14.5. The molecule has 0 aliphatic carbocycles. The molecule has 1 aromatic heterocycles. The van der Waals surface area contributed by atoms with Gasteiger partial charge in [0.15, 0.2) is 11.0 Å². The second kappa shape index (κ2) is 14.1. The average Bonchev–Trinajstić information content (AvgIpc) is 3.67. The van der Waals surface area contributed by atoms with Crippen LogP contribution in [0.2, 0.25) is 0 Å². The number of unbranched alkanes of at least 4 members (excludes halogenated alkanes) is 1. The standard InChI is InChI=1S/C32H32F4N6O2S/c1-21(2)27-19-24(33)10-15-28(27)41-17-18-45-31(41)39-30(43)37-16-4-3-5-22-6-8-23(9-7-22)29-38-20-42(40-29)25-11-13-26(14-12-25)44-32(34,35)36/h6-15,19-21H,3-5,16-18H2,1-2H3,(H,37,43)/b39-31-. The molecule has 0 saturated carbocycles. The van der Waals surface area contributed by atoms with E-state index in [-0.39, 0.29) is 23.5 Å². The topological polar surface area (TPSA) is 84.6 Å². The molecule has 0 spiro atoms. The zero-order valence-electron chi connectivity index (χ0n) is 24.7. The van der Waals surface area contributed by atoms with Crippen LogP contribution < -0.4 is 15.0 Å². The maximum Gasteiger partial charge on any atom is 0.573 e. The Balaban J connectivity index is 1.08. The number of aliphatic imine (C=N–C) groups is 1. The van der Waals surface area contributed by atoms with E-state index in [1.54, 1.807) is 12.1 Å². The number of amides is 2. The Morgan fingerprint density at radius 2 is 1.82 bits per heavy atom. The summed E-state index contributed by atoms with van der Waals surface area (Å²) in [5, 5.41) is 7.92. The van der Waals surface area contributed by atoms with Gasteiger partial charge in [0.25, 0.3) is 0 Å². The minimum Gasteiger partial charge on any atom is -0.406 e. The van der Waals surface area contributed by atoms with Crippen molar-refractivity contribution < 1.29 is 27.1 Å². The quantitative estimate of drug-likeness (QED) is 0.141. The molecule has 3 aromatic carbocycles. The number of aromatic nitrogens is 3. The second-order valence-corrected chi connectivity index (χ2v) is 11.8. The van der Waals surface area contributed by atoms with E-state index in [0.717, 1.165) is 47.4 Å². The van der Waals surface area contributed by atoms with Crippen LogP contribution in [0.1, 0.15) is 43.7 Å². The van der Waals surface area contributed by atoms with Crippen LogP contribution in [0.25, 0.3) is 17.1 Å². The number of urea groups is 1. The minimum atomic E-state index is -4.75. The van der Waals surface area contributed by atoms with Crippen molar-refractivity contribution in [2.75, 3.05) is 23.7 Å². The van der Waals surface area contributed by atoms with E-state index < -0.39 is 6.36 Å². The van der Waals surface area contributed by atoms with Crippen LogP contribution in [-0.2, 0) is 6.42 Å². The summed E-state index contributed by atoms with van der Waals surface area (Å²) >= 11 is 1.51. The molecule has 1 saturated heterocycles. The number of hydrogen-bond acceptors (Lipinski definition) is 5. The molecule has 5 rings (SSSR count). The van der Waals surface area contributed by atoms with Gasteiger partial charge in [-0.25, -0.2) is 18.9 Å². The lowest BCUT2D eigenvalue weighted by Gasteiger charge is -2.23. The molecular weight excluding hydrogens is 608 g/mol. The number of nitrogens with one attached hydrogen (secondary N) is 1. The number of rotatable bonds is 10. The molecule has 2 amide bonds. The summed E-state index contributed by atoms with van der Waals surface area (Å²) in [4.78, 5) is 23.1. The molecule has 1 fully saturated rings. The van der Waals surface area contributed by atoms with Gasteiger partial charge in [0.1, 0.15) is 17.9 Å². The Hall–Kier alpha value is -4.39. The van der Waals surface area contributed by atoms with Crippen molar-refractivity contribution in [1.82, 2.24) is 20.1 Å². The summed E-state index contributed by atoms with van der Waals surface area (Å²) in [6.07, 6.45) is -0.779. The third-order valence-electron chi connectivity index (χ3n) is 7.08. The predicted molar refractivity (Wildman–Crippen MR) is 168 cm³/mol. The zero-order chi connectivity index (χ0) is 32.0. The summed E-state index contributed by atoms with van der Waals surface area (Å²) in [6, 6.07) is 17.6. The lowest BCUT2D eigenvalue weighted by molar-refractivity contribution is -0.274. The van der Waals surface area contributed by atoms with Crippen molar-refractivity contribution in [3.63, 3.8) is 0 Å². The van der Waals surface area contributed by atoms with Crippen LogP contribution in [0.5, 0.6) is 5.75 Å². The third-order valence-corrected chi connectivity index (χ3v) is 8.04. The van der Waals surface area contributed by atoms with Gasteiger partial charge in [-0.3, -0.25) is 0 Å². The number of amidine groups is 1. The third kappa shape index (κ3) is 8.62. The van der Waals surface area contributed by atoms with E-state index in [1.807, 2.05) is 43.0 Å². The van der Waals surface area contributed by atoms with Crippen LogP contribution in [0.3, 0.4) is 0 Å². The first kappa shape index (κ1) is 32.0. The monoisotopic (exact) mass is 640 g/mol. The molecule has 0 bridgehead atoms. The molecule has 4 aromatic rings. The van der Waals surface area contributed by atoms with Gasteiger partial charge in [-0.2, -0.15) is 4.99 Å². The number of nitrogens with zero attached hydrogens (tertiary/aromatic N) is 5.